The van der Waals surface area contributed by atoms with E-state index in [-0.39, 0.29) is 0 Å². The molecular formula is C18H23NO2. The molecule has 0 aliphatic rings. The third-order valence-corrected chi connectivity index (χ3v) is 3.35. The van der Waals surface area contributed by atoms with Gasteiger partial charge in [-0.05, 0) is 43.7 Å². The summed E-state index contributed by atoms with van der Waals surface area (Å²) in [6.45, 7) is 1.49. The highest BCUT2D eigenvalue weighted by molar-refractivity contribution is 5.40. The molecule has 2 aromatic rings. The van der Waals surface area contributed by atoms with Crippen LogP contribution in [0, 0.1) is 0 Å². The number of hydrogen-bond acceptors (Lipinski definition) is 3. The van der Waals surface area contributed by atoms with Gasteiger partial charge in [-0.3, -0.25) is 0 Å². The summed E-state index contributed by atoms with van der Waals surface area (Å²) in [5, 5.41) is 3.16. The van der Waals surface area contributed by atoms with Gasteiger partial charge in [-0.15, -0.1) is 0 Å². The molecule has 0 radical (unpaired) electrons. The van der Waals surface area contributed by atoms with Crippen molar-refractivity contribution in [2.75, 3.05) is 20.8 Å². The van der Waals surface area contributed by atoms with Crippen LogP contribution >= 0.6 is 0 Å². The molecule has 0 aliphatic carbocycles. The molecule has 0 aliphatic heterocycles. The average Bonchev–Trinajstić information content (AvgIpc) is 2.54. The Balaban J connectivity index is 1.87. The van der Waals surface area contributed by atoms with E-state index in [4.69, 9.17) is 9.47 Å². The van der Waals surface area contributed by atoms with Crippen molar-refractivity contribution in [3.8, 4) is 11.5 Å². The Kier molecular flexibility index (Phi) is 6.10. The Morgan fingerprint density at radius 3 is 2.57 bits per heavy atom. The van der Waals surface area contributed by atoms with Gasteiger partial charge >= 0.3 is 0 Å². The van der Waals surface area contributed by atoms with Crippen LogP contribution < -0.4 is 14.8 Å². The van der Waals surface area contributed by atoms with Gasteiger partial charge in [-0.1, -0.05) is 30.3 Å². The number of methoxy groups -OCH3 is 1. The first-order valence-corrected chi connectivity index (χ1v) is 7.31. The number of rotatable bonds is 8. The van der Waals surface area contributed by atoms with E-state index in [9.17, 15) is 0 Å². The molecular weight excluding hydrogens is 262 g/mol. The van der Waals surface area contributed by atoms with E-state index in [1.54, 1.807) is 7.11 Å². The monoisotopic (exact) mass is 285 g/mol. The van der Waals surface area contributed by atoms with Crippen molar-refractivity contribution in [2.24, 2.45) is 0 Å². The molecule has 0 atom stereocenters. The fraction of sp³-hybridized carbons (Fsp3) is 0.333. The molecule has 2 rings (SSSR count). The third-order valence-electron chi connectivity index (χ3n) is 3.35. The largest absolute Gasteiger partial charge is 0.497 e. The Morgan fingerprint density at radius 2 is 1.86 bits per heavy atom. The van der Waals surface area contributed by atoms with Crippen LogP contribution in [0.4, 0.5) is 0 Å². The Bertz CT molecular complexity index is 540. The number of ether oxygens (including phenoxy) is 2. The summed E-state index contributed by atoms with van der Waals surface area (Å²) in [4.78, 5) is 0. The van der Waals surface area contributed by atoms with Gasteiger partial charge in [0, 0.05) is 12.1 Å². The molecule has 0 fully saturated rings. The van der Waals surface area contributed by atoms with Gasteiger partial charge in [0.1, 0.15) is 11.5 Å². The molecule has 0 heterocycles. The zero-order chi connectivity index (χ0) is 14.9. The van der Waals surface area contributed by atoms with Crippen LogP contribution in [0.15, 0.2) is 48.5 Å². The smallest absolute Gasteiger partial charge is 0.124 e. The van der Waals surface area contributed by atoms with Gasteiger partial charge in [0.05, 0.1) is 13.7 Å². The molecule has 112 valence electrons. The van der Waals surface area contributed by atoms with Crippen molar-refractivity contribution >= 4 is 0 Å². The first kappa shape index (κ1) is 15.4. The van der Waals surface area contributed by atoms with Crippen molar-refractivity contribution in [3.05, 3.63) is 59.7 Å². The second kappa shape index (κ2) is 8.32. The number of aryl methyl sites for hydroxylation is 1. The van der Waals surface area contributed by atoms with Gasteiger partial charge in [0.15, 0.2) is 0 Å². The summed E-state index contributed by atoms with van der Waals surface area (Å²) in [6, 6.07) is 16.4. The minimum absolute atomic E-state index is 0.720. The molecule has 0 saturated heterocycles. The van der Waals surface area contributed by atoms with Gasteiger partial charge in [-0.25, -0.2) is 0 Å². The minimum Gasteiger partial charge on any atom is -0.497 e. The van der Waals surface area contributed by atoms with E-state index in [2.05, 4.69) is 29.6 Å². The fourth-order valence-corrected chi connectivity index (χ4v) is 2.26. The SMILES string of the molecule is CNCc1cc(OC)ccc1OCCCc1ccccc1. The number of hydrogen-bond donors (Lipinski definition) is 1. The second-order valence-corrected chi connectivity index (χ2v) is 4.94. The summed E-state index contributed by atoms with van der Waals surface area (Å²) in [6.07, 6.45) is 2.05. The molecule has 3 heteroatoms. The van der Waals surface area contributed by atoms with Crippen LogP contribution in [-0.4, -0.2) is 20.8 Å². The minimum atomic E-state index is 0.720. The Labute approximate surface area is 126 Å². The van der Waals surface area contributed by atoms with E-state index >= 15 is 0 Å². The van der Waals surface area contributed by atoms with Gasteiger partial charge < -0.3 is 14.8 Å². The zero-order valence-electron chi connectivity index (χ0n) is 12.8. The quantitative estimate of drug-likeness (QED) is 0.754. The van der Waals surface area contributed by atoms with Gasteiger partial charge in [-0.2, -0.15) is 0 Å². The Hall–Kier alpha value is -2.00. The van der Waals surface area contributed by atoms with Crippen molar-refractivity contribution in [1.29, 1.82) is 0 Å². The maximum atomic E-state index is 5.92. The first-order valence-electron chi connectivity index (χ1n) is 7.31. The van der Waals surface area contributed by atoms with Crippen molar-refractivity contribution in [2.45, 2.75) is 19.4 Å². The van der Waals surface area contributed by atoms with E-state index < -0.39 is 0 Å². The highest BCUT2D eigenvalue weighted by Gasteiger charge is 2.05. The van der Waals surface area contributed by atoms with E-state index in [1.165, 1.54) is 5.56 Å². The van der Waals surface area contributed by atoms with E-state index in [0.717, 1.165) is 43.1 Å². The highest BCUT2D eigenvalue weighted by Crippen LogP contribution is 2.24. The first-order chi connectivity index (χ1) is 10.3. The third kappa shape index (κ3) is 4.80. The molecule has 21 heavy (non-hydrogen) atoms. The predicted molar refractivity (Wildman–Crippen MR) is 86.0 cm³/mol. The van der Waals surface area contributed by atoms with Crippen LogP contribution in [0.25, 0.3) is 0 Å². The lowest BCUT2D eigenvalue weighted by Crippen LogP contribution is -2.08. The van der Waals surface area contributed by atoms with E-state index in [1.807, 2.05) is 31.3 Å². The molecule has 0 saturated carbocycles. The molecule has 3 nitrogen and oxygen atoms in total. The van der Waals surface area contributed by atoms with Crippen LogP contribution in [0.1, 0.15) is 17.5 Å². The summed E-state index contributed by atoms with van der Waals surface area (Å²) in [5.41, 5.74) is 2.47. The average molecular weight is 285 g/mol. The topological polar surface area (TPSA) is 30.5 Å². The summed E-state index contributed by atoms with van der Waals surface area (Å²) < 4.78 is 11.2. The predicted octanol–water partition coefficient (Wildman–Crippen LogP) is 3.43. The molecule has 0 unspecified atom stereocenters. The van der Waals surface area contributed by atoms with Crippen molar-refractivity contribution < 1.29 is 9.47 Å². The summed E-state index contributed by atoms with van der Waals surface area (Å²) in [5.74, 6) is 1.79. The van der Waals surface area contributed by atoms with Gasteiger partial charge in [0.25, 0.3) is 0 Å². The molecule has 0 bridgehead atoms. The Morgan fingerprint density at radius 1 is 1.05 bits per heavy atom. The van der Waals surface area contributed by atoms with Crippen molar-refractivity contribution in [3.63, 3.8) is 0 Å². The van der Waals surface area contributed by atoms with Crippen LogP contribution in [-0.2, 0) is 13.0 Å². The molecule has 1 N–H and O–H groups in total. The lowest BCUT2D eigenvalue weighted by molar-refractivity contribution is 0.306. The van der Waals surface area contributed by atoms with Crippen molar-refractivity contribution in [1.82, 2.24) is 5.32 Å². The lowest BCUT2D eigenvalue weighted by Gasteiger charge is -2.13. The summed E-state index contributed by atoms with van der Waals surface area (Å²) >= 11 is 0. The van der Waals surface area contributed by atoms with Crippen LogP contribution in [0.2, 0.25) is 0 Å². The van der Waals surface area contributed by atoms with Crippen LogP contribution in [0.5, 0.6) is 11.5 Å². The molecule has 0 aromatic heterocycles. The maximum absolute atomic E-state index is 5.92. The number of benzene rings is 2. The highest BCUT2D eigenvalue weighted by atomic mass is 16.5. The maximum Gasteiger partial charge on any atom is 0.124 e. The molecule has 2 aromatic carbocycles. The molecule has 0 spiro atoms. The molecule has 0 amide bonds. The van der Waals surface area contributed by atoms with Gasteiger partial charge in [0.2, 0.25) is 0 Å². The zero-order valence-corrected chi connectivity index (χ0v) is 12.8. The standard InChI is InChI=1S/C18H23NO2/c1-19-14-16-13-17(20-2)10-11-18(16)21-12-6-9-15-7-4-3-5-8-15/h3-5,7-8,10-11,13,19H,6,9,12,14H2,1-2H3. The lowest BCUT2D eigenvalue weighted by atomic mass is 10.1. The number of nitrogens with one attached hydrogen (secondary N) is 1. The normalized spacial score (nSPS) is 10.4. The van der Waals surface area contributed by atoms with E-state index in [0.29, 0.717) is 0 Å². The fourth-order valence-electron chi connectivity index (χ4n) is 2.26. The second-order valence-electron chi connectivity index (χ2n) is 4.94. The summed E-state index contributed by atoms with van der Waals surface area (Å²) in [7, 11) is 3.61. The van der Waals surface area contributed by atoms with Crippen LogP contribution in [0.3, 0.4) is 0 Å².